The van der Waals surface area contributed by atoms with Crippen LogP contribution in [0, 0.1) is 11.8 Å². The summed E-state index contributed by atoms with van der Waals surface area (Å²) in [6.45, 7) is 5.94. The molecule has 1 rings (SSSR count). The summed E-state index contributed by atoms with van der Waals surface area (Å²) in [5.41, 5.74) is 0.946. The van der Waals surface area contributed by atoms with E-state index >= 15 is 0 Å². The number of carbonyl (C=O) groups is 2. The van der Waals surface area contributed by atoms with Gasteiger partial charge >= 0.3 is 5.97 Å². The number of carbonyl (C=O) groups excluding carboxylic acids is 2. The number of allylic oxidation sites excluding steroid dienone is 1. The second-order valence-corrected chi connectivity index (χ2v) is 3.74. The molecule has 0 spiro atoms. The van der Waals surface area contributed by atoms with E-state index in [1.54, 1.807) is 14.0 Å². The third kappa shape index (κ3) is 2.58. The van der Waals surface area contributed by atoms with Gasteiger partial charge in [-0.2, -0.15) is 0 Å². The predicted molar refractivity (Wildman–Crippen MR) is 56.1 cm³/mol. The number of amides is 1. The maximum absolute atomic E-state index is 11.6. The Morgan fingerprint density at radius 3 is 2.60 bits per heavy atom. The zero-order valence-corrected chi connectivity index (χ0v) is 9.21. The van der Waals surface area contributed by atoms with Crippen molar-refractivity contribution in [3.8, 4) is 0 Å². The van der Waals surface area contributed by atoms with Crippen LogP contribution in [0.4, 0.5) is 0 Å². The topological polar surface area (TPSA) is 55.4 Å². The van der Waals surface area contributed by atoms with E-state index in [4.69, 9.17) is 4.74 Å². The highest BCUT2D eigenvalue weighted by atomic mass is 16.5. The van der Waals surface area contributed by atoms with Crippen molar-refractivity contribution in [2.24, 2.45) is 11.8 Å². The SMILES string of the molecule is C=C1C[C@H](C(=O)NC)[C@@H](C(=O)OCC)C1. The van der Waals surface area contributed by atoms with E-state index in [0.717, 1.165) is 5.57 Å². The molecule has 1 aliphatic carbocycles. The first-order chi connectivity index (χ1) is 7.10. The van der Waals surface area contributed by atoms with Crippen LogP contribution in [-0.2, 0) is 14.3 Å². The van der Waals surface area contributed by atoms with E-state index < -0.39 is 0 Å². The minimum atomic E-state index is -0.350. The summed E-state index contributed by atoms with van der Waals surface area (Å²) < 4.78 is 4.94. The molecule has 0 unspecified atom stereocenters. The molecule has 1 fully saturated rings. The maximum atomic E-state index is 11.6. The third-order valence-electron chi connectivity index (χ3n) is 2.68. The summed E-state index contributed by atoms with van der Waals surface area (Å²) in [6.07, 6.45) is 1.15. The van der Waals surface area contributed by atoms with Crippen LogP contribution in [0.15, 0.2) is 12.2 Å². The molecule has 1 aliphatic rings. The van der Waals surface area contributed by atoms with Crippen LogP contribution in [0.5, 0.6) is 0 Å². The highest BCUT2D eigenvalue weighted by Crippen LogP contribution is 2.35. The normalized spacial score (nSPS) is 25.1. The largest absolute Gasteiger partial charge is 0.466 e. The van der Waals surface area contributed by atoms with E-state index in [0.29, 0.717) is 19.4 Å². The molecule has 0 aromatic rings. The second kappa shape index (κ2) is 4.96. The van der Waals surface area contributed by atoms with Gasteiger partial charge in [0.2, 0.25) is 5.91 Å². The van der Waals surface area contributed by atoms with Gasteiger partial charge in [-0.25, -0.2) is 0 Å². The van der Waals surface area contributed by atoms with Gasteiger partial charge in [0.05, 0.1) is 18.4 Å². The zero-order valence-electron chi connectivity index (χ0n) is 9.21. The number of hydrogen-bond donors (Lipinski definition) is 1. The summed E-state index contributed by atoms with van der Waals surface area (Å²) in [4.78, 5) is 23.1. The molecule has 15 heavy (non-hydrogen) atoms. The molecule has 4 heteroatoms. The van der Waals surface area contributed by atoms with Gasteiger partial charge in [-0.1, -0.05) is 12.2 Å². The van der Waals surface area contributed by atoms with Crippen molar-refractivity contribution in [3.05, 3.63) is 12.2 Å². The number of esters is 1. The van der Waals surface area contributed by atoms with Crippen LogP contribution >= 0.6 is 0 Å². The van der Waals surface area contributed by atoms with Crippen LogP contribution in [0.25, 0.3) is 0 Å². The second-order valence-electron chi connectivity index (χ2n) is 3.74. The summed E-state index contributed by atoms with van der Waals surface area (Å²) in [7, 11) is 1.58. The Balaban J connectivity index is 2.72. The van der Waals surface area contributed by atoms with Crippen molar-refractivity contribution in [1.82, 2.24) is 5.32 Å². The lowest BCUT2D eigenvalue weighted by Crippen LogP contribution is -2.33. The minimum Gasteiger partial charge on any atom is -0.466 e. The highest BCUT2D eigenvalue weighted by molar-refractivity contribution is 5.86. The lowest BCUT2D eigenvalue weighted by atomic mass is 9.95. The molecule has 0 bridgehead atoms. The molecule has 0 heterocycles. The Hall–Kier alpha value is -1.32. The van der Waals surface area contributed by atoms with Gasteiger partial charge in [0.1, 0.15) is 0 Å². The Bertz CT molecular complexity index is 286. The molecule has 2 atom stereocenters. The van der Waals surface area contributed by atoms with Gasteiger partial charge < -0.3 is 10.1 Å². The van der Waals surface area contributed by atoms with Crippen molar-refractivity contribution in [2.45, 2.75) is 19.8 Å². The average molecular weight is 211 g/mol. The average Bonchev–Trinajstić information content (AvgIpc) is 2.59. The van der Waals surface area contributed by atoms with Gasteiger partial charge in [-0.15, -0.1) is 0 Å². The van der Waals surface area contributed by atoms with Gasteiger partial charge in [-0.05, 0) is 19.8 Å². The first kappa shape index (κ1) is 11.8. The quantitative estimate of drug-likeness (QED) is 0.557. The molecule has 0 aromatic heterocycles. The van der Waals surface area contributed by atoms with E-state index in [2.05, 4.69) is 11.9 Å². The van der Waals surface area contributed by atoms with Crippen molar-refractivity contribution < 1.29 is 14.3 Å². The Morgan fingerprint density at radius 1 is 1.47 bits per heavy atom. The Labute approximate surface area is 89.7 Å². The van der Waals surface area contributed by atoms with Crippen LogP contribution in [0.3, 0.4) is 0 Å². The number of hydrogen-bond acceptors (Lipinski definition) is 3. The number of ether oxygens (including phenoxy) is 1. The van der Waals surface area contributed by atoms with Crippen LogP contribution in [0.2, 0.25) is 0 Å². The fraction of sp³-hybridized carbons (Fsp3) is 0.636. The molecule has 0 aromatic carbocycles. The van der Waals surface area contributed by atoms with E-state index in [1.807, 2.05) is 0 Å². The monoisotopic (exact) mass is 211 g/mol. The van der Waals surface area contributed by atoms with Crippen molar-refractivity contribution in [3.63, 3.8) is 0 Å². The highest BCUT2D eigenvalue weighted by Gasteiger charge is 2.39. The lowest BCUT2D eigenvalue weighted by Gasteiger charge is -2.15. The summed E-state index contributed by atoms with van der Waals surface area (Å²) in [5, 5.41) is 2.57. The van der Waals surface area contributed by atoms with Gasteiger partial charge in [0.25, 0.3) is 0 Å². The number of rotatable bonds is 3. The smallest absolute Gasteiger partial charge is 0.310 e. The molecular weight excluding hydrogens is 194 g/mol. The maximum Gasteiger partial charge on any atom is 0.310 e. The summed E-state index contributed by atoms with van der Waals surface area (Å²) >= 11 is 0. The Kier molecular flexibility index (Phi) is 3.88. The molecule has 84 valence electrons. The number of nitrogens with one attached hydrogen (secondary N) is 1. The zero-order chi connectivity index (χ0) is 11.4. The van der Waals surface area contributed by atoms with Crippen LogP contribution < -0.4 is 5.32 Å². The van der Waals surface area contributed by atoms with E-state index in [-0.39, 0.29) is 23.7 Å². The molecule has 0 radical (unpaired) electrons. The van der Waals surface area contributed by atoms with E-state index in [1.165, 1.54) is 0 Å². The van der Waals surface area contributed by atoms with Gasteiger partial charge in [0, 0.05) is 7.05 Å². The van der Waals surface area contributed by atoms with Crippen molar-refractivity contribution in [2.75, 3.05) is 13.7 Å². The van der Waals surface area contributed by atoms with Crippen LogP contribution in [0.1, 0.15) is 19.8 Å². The summed E-state index contributed by atoms with van der Waals surface area (Å²) in [6, 6.07) is 0. The van der Waals surface area contributed by atoms with Crippen molar-refractivity contribution in [1.29, 1.82) is 0 Å². The Morgan fingerprint density at radius 2 is 2.07 bits per heavy atom. The fourth-order valence-corrected chi connectivity index (χ4v) is 1.95. The summed E-state index contributed by atoms with van der Waals surface area (Å²) in [5.74, 6) is -1.05. The molecule has 4 nitrogen and oxygen atoms in total. The molecular formula is C11H17NO3. The molecule has 0 saturated heterocycles. The first-order valence-corrected chi connectivity index (χ1v) is 5.15. The van der Waals surface area contributed by atoms with Gasteiger partial charge in [0.15, 0.2) is 0 Å². The first-order valence-electron chi connectivity index (χ1n) is 5.15. The van der Waals surface area contributed by atoms with Crippen molar-refractivity contribution >= 4 is 11.9 Å². The third-order valence-corrected chi connectivity index (χ3v) is 2.68. The standard InChI is InChI=1S/C11H17NO3/c1-4-15-11(14)9-6-7(2)5-8(9)10(13)12-3/h8-9H,2,4-6H2,1,3H3,(H,12,13)/t8-,9-/m0/s1. The van der Waals surface area contributed by atoms with Gasteiger partial charge in [-0.3, -0.25) is 9.59 Å². The lowest BCUT2D eigenvalue weighted by molar-refractivity contribution is -0.151. The van der Waals surface area contributed by atoms with Crippen LogP contribution in [-0.4, -0.2) is 25.5 Å². The molecule has 0 aliphatic heterocycles. The molecule has 1 saturated carbocycles. The molecule has 1 N–H and O–H groups in total. The minimum absolute atomic E-state index is 0.105. The predicted octanol–water partition coefficient (Wildman–Crippen LogP) is 0.878. The van der Waals surface area contributed by atoms with E-state index in [9.17, 15) is 9.59 Å². The molecule has 1 amide bonds. The fourth-order valence-electron chi connectivity index (χ4n) is 1.95.